The van der Waals surface area contributed by atoms with Crippen LogP contribution in [0.5, 0.6) is 11.5 Å². The first-order chi connectivity index (χ1) is 17.1. The number of carbonyl (C=O) groups is 1. The van der Waals surface area contributed by atoms with E-state index in [0.29, 0.717) is 19.8 Å². The van der Waals surface area contributed by atoms with Crippen LogP contribution in [0.25, 0.3) is 11.3 Å². The first-order valence-electron chi connectivity index (χ1n) is 12.5. The van der Waals surface area contributed by atoms with Crippen LogP contribution in [0, 0.1) is 0 Å². The molecule has 1 aromatic heterocycles. The number of likely N-dealkylation sites (N-methyl/N-ethyl adjacent to an activating group) is 1. The molecule has 35 heavy (non-hydrogen) atoms. The molecule has 2 heterocycles. The van der Waals surface area contributed by atoms with E-state index < -0.39 is 0 Å². The van der Waals surface area contributed by atoms with E-state index in [1.54, 1.807) is 0 Å². The van der Waals surface area contributed by atoms with Crippen LogP contribution in [-0.4, -0.2) is 49.3 Å². The van der Waals surface area contributed by atoms with Gasteiger partial charge in [0.2, 0.25) is 5.91 Å². The van der Waals surface area contributed by atoms with Gasteiger partial charge >= 0.3 is 0 Å². The van der Waals surface area contributed by atoms with Crippen molar-refractivity contribution in [2.45, 2.75) is 44.1 Å². The third-order valence-electron chi connectivity index (χ3n) is 6.94. The number of benzene rings is 2. The lowest BCUT2D eigenvalue weighted by Gasteiger charge is -2.33. The zero-order valence-corrected chi connectivity index (χ0v) is 20.3. The molecule has 1 N–H and O–H groups in total. The van der Waals surface area contributed by atoms with Crippen LogP contribution in [0.15, 0.2) is 59.1 Å². The van der Waals surface area contributed by atoms with E-state index in [1.807, 2.05) is 55.6 Å². The van der Waals surface area contributed by atoms with E-state index in [4.69, 9.17) is 14.0 Å². The number of nitrogens with zero attached hydrogens (tertiary/aromatic N) is 2. The van der Waals surface area contributed by atoms with Gasteiger partial charge in [0.25, 0.3) is 0 Å². The van der Waals surface area contributed by atoms with Gasteiger partial charge in [-0.05, 0) is 50.6 Å². The Balaban J connectivity index is 1.13. The highest BCUT2D eigenvalue weighted by molar-refractivity contribution is 5.79. The zero-order valence-electron chi connectivity index (χ0n) is 20.3. The maximum atomic E-state index is 13.0. The molecule has 0 unspecified atom stereocenters. The first kappa shape index (κ1) is 23.4. The van der Waals surface area contributed by atoms with Crippen LogP contribution in [0.4, 0.5) is 0 Å². The number of amides is 1. The summed E-state index contributed by atoms with van der Waals surface area (Å²) in [4.78, 5) is 15.1. The van der Waals surface area contributed by atoms with E-state index in [0.717, 1.165) is 79.1 Å². The summed E-state index contributed by atoms with van der Waals surface area (Å²) >= 11 is 0. The molecule has 0 radical (unpaired) electrons. The summed E-state index contributed by atoms with van der Waals surface area (Å²) < 4.78 is 17.0. The fourth-order valence-corrected chi connectivity index (χ4v) is 5.14. The second-order valence-electron chi connectivity index (χ2n) is 9.58. The lowest BCUT2D eigenvalue weighted by Crippen LogP contribution is -2.47. The average molecular weight is 476 g/mol. The van der Waals surface area contributed by atoms with Gasteiger partial charge in [-0.25, -0.2) is 0 Å². The van der Waals surface area contributed by atoms with Crippen molar-refractivity contribution in [2.24, 2.45) is 0 Å². The normalized spacial score (nSPS) is 16.4. The summed E-state index contributed by atoms with van der Waals surface area (Å²) in [5, 5.41) is 7.55. The summed E-state index contributed by atoms with van der Waals surface area (Å²) in [6.45, 7) is 2.29. The van der Waals surface area contributed by atoms with Crippen molar-refractivity contribution in [3.63, 3.8) is 0 Å². The highest BCUT2D eigenvalue weighted by Crippen LogP contribution is 2.42. The van der Waals surface area contributed by atoms with Gasteiger partial charge in [0.15, 0.2) is 11.5 Å². The van der Waals surface area contributed by atoms with Crippen molar-refractivity contribution >= 4 is 5.91 Å². The van der Waals surface area contributed by atoms with Crippen molar-refractivity contribution < 1.29 is 18.8 Å². The number of rotatable bonds is 9. The van der Waals surface area contributed by atoms with Gasteiger partial charge in [0, 0.05) is 18.1 Å². The third-order valence-corrected chi connectivity index (χ3v) is 6.94. The zero-order chi connectivity index (χ0) is 24.1. The lowest BCUT2D eigenvalue weighted by atomic mass is 9.87. The van der Waals surface area contributed by atoms with E-state index in [-0.39, 0.29) is 11.4 Å². The Bertz CT molecular complexity index is 1140. The van der Waals surface area contributed by atoms with Gasteiger partial charge in [0.1, 0.15) is 24.7 Å². The lowest BCUT2D eigenvalue weighted by molar-refractivity contribution is -0.124. The number of hydrogen-bond donors (Lipinski definition) is 1. The molecule has 1 amide bonds. The number of aryl methyl sites for hydroxylation is 1. The molecule has 0 saturated heterocycles. The predicted molar refractivity (Wildman–Crippen MR) is 133 cm³/mol. The van der Waals surface area contributed by atoms with Gasteiger partial charge in [-0.1, -0.05) is 54.4 Å². The standard InChI is InChI=1S/C28H33N3O4/c1-31(15-7-10-23-19-24(30-35-23)21-8-3-2-4-9-21)20-27(32)29-28(13-5-6-14-28)22-11-12-25-26(18-22)34-17-16-33-25/h2-4,8-9,11-12,18-19H,5-7,10,13-17,20H2,1H3,(H,29,32). The summed E-state index contributed by atoms with van der Waals surface area (Å²) in [7, 11) is 1.99. The molecule has 2 aromatic carbocycles. The summed E-state index contributed by atoms with van der Waals surface area (Å²) in [6.07, 6.45) is 5.77. The van der Waals surface area contributed by atoms with Gasteiger partial charge < -0.3 is 19.3 Å². The smallest absolute Gasteiger partial charge is 0.234 e. The number of fused-ring (bicyclic) bond motifs is 1. The molecule has 5 rings (SSSR count). The Kier molecular flexibility index (Phi) is 7.04. The number of carbonyl (C=O) groups excluding carboxylic acids is 1. The SMILES string of the molecule is CN(CCCc1cc(-c2ccccc2)no1)CC(=O)NC1(c2ccc3c(c2)OCCO3)CCCC1. The Hall–Kier alpha value is -3.32. The second kappa shape index (κ2) is 10.5. The minimum atomic E-state index is -0.332. The van der Waals surface area contributed by atoms with Gasteiger partial charge in [0.05, 0.1) is 12.1 Å². The molecule has 7 nitrogen and oxygen atoms in total. The topological polar surface area (TPSA) is 76.8 Å². The van der Waals surface area contributed by atoms with Crippen LogP contribution < -0.4 is 14.8 Å². The second-order valence-corrected chi connectivity index (χ2v) is 9.58. The molecular weight excluding hydrogens is 442 g/mol. The molecular formula is C28H33N3O4. The maximum Gasteiger partial charge on any atom is 0.234 e. The van der Waals surface area contributed by atoms with E-state index in [9.17, 15) is 4.79 Å². The molecule has 0 atom stereocenters. The molecule has 0 spiro atoms. The summed E-state index contributed by atoms with van der Waals surface area (Å²) in [5.41, 5.74) is 2.68. The highest BCUT2D eigenvalue weighted by atomic mass is 16.6. The Morgan fingerprint density at radius 2 is 1.80 bits per heavy atom. The fourth-order valence-electron chi connectivity index (χ4n) is 5.14. The van der Waals surface area contributed by atoms with Crippen molar-refractivity contribution in [1.82, 2.24) is 15.4 Å². The molecule has 1 aliphatic heterocycles. The Morgan fingerprint density at radius 3 is 2.60 bits per heavy atom. The Labute approximate surface area is 206 Å². The molecule has 2 aliphatic rings. The van der Waals surface area contributed by atoms with Crippen LogP contribution in [-0.2, 0) is 16.8 Å². The molecule has 1 fully saturated rings. The maximum absolute atomic E-state index is 13.0. The highest BCUT2D eigenvalue weighted by Gasteiger charge is 2.38. The molecule has 1 aliphatic carbocycles. The van der Waals surface area contributed by atoms with Crippen molar-refractivity contribution in [3.05, 3.63) is 65.9 Å². The number of nitrogens with one attached hydrogen (secondary N) is 1. The van der Waals surface area contributed by atoms with Gasteiger partial charge in [-0.2, -0.15) is 0 Å². The minimum Gasteiger partial charge on any atom is -0.486 e. The summed E-state index contributed by atoms with van der Waals surface area (Å²) in [5.74, 6) is 2.47. The largest absolute Gasteiger partial charge is 0.486 e. The molecule has 1 saturated carbocycles. The van der Waals surface area contributed by atoms with Crippen LogP contribution in [0.1, 0.15) is 43.4 Å². The molecule has 0 bridgehead atoms. The number of aromatic nitrogens is 1. The number of hydrogen-bond acceptors (Lipinski definition) is 6. The van der Waals surface area contributed by atoms with E-state index in [1.165, 1.54) is 0 Å². The van der Waals surface area contributed by atoms with E-state index >= 15 is 0 Å². The van der Waals surface area contributed by atoms with Crippen molar-refractivity contribution in [3.8, 4) is 22.8 Å². The van der Waals surface area contributed by atoms with Crippen molar-refractivity contribution in [1.29, 1.82) is 0 Å². The average Bonchev–Trinajstić information content (AvgIpc) is 3.55. The molecule has 184 valence electrons. The summed E-state index contributed by atoms with van der Waals surface area (Å²) in [6, 6.07) is 18.1. The van der Waals surface area contributed by atoms with Crippen molar-refractivity contribution in [2.75, 3.05) is 33.4 Å². The first-order valence-corrected chi connectivity index (χ1v) is 12.5. The van der Waals surface area contributed by atoms with E-state index in [2.05, 4.69) is 21.4 Å². The minimum absolute atomic E-state index is 0.0512. The molecule has 3 aromatic rings. The third kappa shape index (κ3) is 5.51. The monoisotopic (exact) mass is 475 g/mol. The fraction of sp³-hybridized carbons (Fsp3) is 0.429. The predicted octanol–water partition coefficient (Wildman–Crippen LogP) is 4.56. The molecule has 7 heteroatoms. The Morgan fingerprint density at radius 1 is 1.03 bits per heavy atom. The number of ether oxygens (including phenoxy) is 2. The van der Waals surface area contributed by atoms with Crippen LogP contribution >= 0.6 is 0 Å². The van der Waals surface area contributed by atoms with Crippen LogP contribution in [0.3, 0.4) is 0 Å². The van der Waals surface area contributed by atoms with Gasteiger partial charge in [-0.15, -0.1) is 0 Å². The van der Waals surface area contributed by atoms with Gasteiger partial charge in [-0.3, -0.25) is 9.69 Å². The quantitative estimate of drug-likeness (QED) is 0.489. The van der Waals surface area contributed by atoms with Crippen LogP contribution in [0.2, 0.25) is 0 Å².